The molecular weight excluding hydrogens is 905 g/mol. The van der Waals surface area contributed by atoms with Crippen LogP contribution in [0, 0.1) is 11.8 Å². The minimum atomic E-state index is -0.831. The molecule has 0 radical (unpaired) electrons. The van der Waals surface area contributed by atoms with Crippen LogP contribution in [0.5, 0.6) is 0 Å². The van der Waals surface area contributed by atoms with E-state index >= 15 is 0 Å². The van der Waals surface area contributed by atoms with E-state index in [-0.39, 0.29) is 36.2 Å². The summed E-state index contributed by atoms with van der Waals surface area (Å²) in [5, 5.41) is 19.5. The van der Waals surface area contributed by atoms with Gasteiger partial charge in [0.15, 0.2) is 10.3 Å². The van der Waals surface area contributed by atoms with Gasteiger partial charge in [0.2, 0.25) is 0 Å². The number of methoxy groups -OCH3 is 1. The predicted molar refractivity (Wildman–Crippen MR) is 245 cm³/mol. The van der Waals surface area contributed by atoms with Crippen molar-refractivity contribution in [1.29, 1.82) is 0 Å². The van der Waals surface area contributed by atoms with Gasteiger partial charge in [-0.15, -0.1) is 23.5 Å². The van der Waals surface area contributed by atoms with Crippen molar-refractivity contribution in [3.05, 3.63) is 128 Å². The number of anilines is 2. The van der Waals surface area contributed by atoms with E-state index in [1.54, 1.807) is 53.1 Å². The molecule has 2 atom stereocenters. The fourth-order valence-corrected chi connectivity index (χ4v) is 9.47. The van der Waals surface area contributed by atoms with E-state index in [1.807, 2.05) is 91.4 Å². The van der Waals surface area contributed by atoms with Crippen molar-refractivity contribution >= 4 is 115 Å². The van der Waals surface area contributed by atoms with Gasteiger partial charge >= 0.3 is 30.8 Å². The number of carbonyl (C=O) groups excluding carboxylic acids is 1. The van der Waals surface area contributed by atoms with Crippen LogP contribution in [0.1, 0.15) is 11.1 Å². The van der Waals surface area contributed by atoms with Crippen molar-refractivity contribution in [2.75, 3.05) is 43.3 Å². The normalized spacial score (nSPS) is 11.5. The summed E-state index contributed by atoms with van der Waals surface area (Å²) in [5.74, 6) is -1.93. The number of halogens is 4. The zero-order chi connectivity index (χ0) is 40.9. The maximum absolute atomic E-state index is 12.2. The molecule has 18 heteroatoms. The summed E-state index contributed by atoms with van der Waals surface area (Å²) in [6.45, 7) is 0.732. The van der Waals surface area contributed by atoms with Crippen molar-refractivity contribution in [1.82, 2.24) is 9.97 Å². The maximum Gasteiger partial charge on any atom is 1.00 e. The number of carboxylic acid groups (broad SMARTS) is 1. The number of nitrogens with zero attached hydrogens (tertiary/aromatic N) is 2. The summed E-state index contributed by atoms with van der Waals surface area (Å²) < 4.78 is 7.07. The van der Waals surface area contributed by atoms with Crippen LogP contribution in [0.4, 0.5) is 10.3 Å². The van der Waals surface area contributed by atoms with Gasteiger partial charge in [0.25, 0.3) is 0 Å². The van der Waals surface area contributed by atoms with Crippen LogP contribution in [-0.4, -0.2) is 65.2 Å². The Labute approximate surface area is 392 Å². The molecule has 0 amide bonds. The monoisotopic (exact) mass is 942 g/mol. The molecule has 0 aliphatic carbocycles. The van der Waals surface area contributed by atoms with Gasteiger partial charge in [0, 0.05) is 24.2 Å². The largest absolute Gasteiger partial charge is 1.00 e. The third-order valence-electron chi connectivity index (χ3n) is 8.48. The fraction of sp³-hybridized carbons (Fsp3) is 0.220. The van der Waals surface area contributed by atoms with Crippen molar-refractivity contribution < 1.29 is 43.8 Å². The average Bonchev–Trinajstić information content (AvgIpc) is 3.85. The molecule has 4 aromatic carbocycles. The van der Waals surface area contributed by atoms with E-state index in [4.69, 9.17) is 56.1 Å². The molecule has 6 aromatic rings. The SMILES string of the molecule is COC(=O)C(CNc1nc(-c2ccc(Cl)c(Cl)c2)c(SC)s1)Cc1ccccc1.CSc1sc(NCC(Cc2ccccc2)C(=O)O)nc1-c1ccc(Cl)c(Cl)c1.[Li+].[OH-]. The molecule has 2 unspecified atom stereocenters. The number of aliphatic carboxylic acids is 1. The molecule has 6 rings (SSSR count). The van der Waals surface area contributed by atoms with Crippen LogP contribution in [0.2, 0.25) is 20.1 Å². The summed E-state index contributed by atoms with van der Waals surface area (Å²) in [6, 6.07) is 30.4. The number of carboxylic acids is 1. The quantitative estimate of drug-likeness (QED) is 0.0486. The molecule has 4 N–H and O–H groups in total. The summed E-state index contributed by atoms with van der Waals surface area (Å²) in [5.41, 5.74) is 5.53. The topological polar surface area (TPSA) is 143 Å². The number of ether oxygens (including phenoxy) is 1. The molecular formula is C41H39Cl4LiN4O5S4. The van der Waals surface area contributed by atoms with Gasteiger partial charge in [-0.25, -0.2) is 9.97 Å². The standard InChI is InChI=1S/C21H20Cl2N2O2S2.C20H18Cl2N2O2S2.Li.H2O/c1-27-19(26)15(10-13-6-4-3-5-7-13)12-24-21-25-18(20(28-2)29-21)14-8-9-16(22)17(23)11-14;1-27-19-17(13-7-8-15(21)16(22)10-13)24-20(28-19)23-11-14(18(25)26)9-12-5-3-2-4-6-12;;/h3-9,11,15H,10,12H2,1-2H3,(H,24,25);2-8,10,14H,9,11H2,1H3,(H,23,24)(H,25,26);;1H2/q;;+1;/p-1. The van der Waals surface area contributed by atoms with E-state index in [9.17, 15) is 14.7 Å². The summed E-state index contributed by atoms with van der Waals surface area (Å²) in [7, 11) is 1.41. The average molecular weight is 945 g/mol. The van der Waals surface area contributed by atoms with E-state index in [1.165, 1.54) is 18.4 Å². The number of hydrogen-bond donors (Lipinski definition) is 3. The zero-order valence-electron chi connectivity index (χ0n) is 32.4. The van der Waals surface area contributed by atoms with Crippen LogP contribution < -0.4 is 29.5 Å². The Kier molecular flexibility index (Phi) is 21.5. The Hall–Kier alpha value is -2.90. The molecule has 9 nitrogen and oxygen atoms in total. The maximum atomic E-state index is 12.2. The molecule has 59 heavy (non-hydrogen) atoms. The number of hydrogen-bond acceptors (Lipinski definition) is 12. The molecule has 0 aliphatic heterocycles. The molecule has 0 aliphatic rings. The van der Waals surface area contributed by atoms with Gasteiger partial charge in [-0.1, -0.05) is 142 Å². The Morgan fingerprint density at radius 2 is 1.08 bits per heavy atom. The summed E-state index contributed by atoms with van der Waals surface area (Å²) >= 11 is 30.6. The van der Waals surface area contributed by atoms with E-state index in [0.717, 1.165) is 47.2 Å². The second-order valence-electron chi connectivity index (χ2n) is 12.4. The third kappa shape index (κ3) is 14.6. The first-order valence-electron chi connectivity index (χ1n) is 17.4. The number of benzene rings is 4. The summed E-state index contributed by atoms with van der Waals surface area (Å²) in [4.78, 5) is 33.3. The first kappa shape index (κ1) is 50.5. The van der Waals surface area contributed by atoms with Crippen LogP contribution in [0.25, 0.3) is 22.5 Å². The van der Waals surface area contributed by atoms with Gasteiger partial charge in [-0.2, -0.15) is 0 Å². The van der Waals surface area contributed by atoms with Crippen LogP contribution >= 0.6 is 92.6 Å². The van der Waals surface area contributed by atoms with E-state index < -0.39 is 11.9 Å². The number of thioether (sulfide) groups is 2. The molecule has 0 bridgehead atoms. The van der Waals surface area contributed by atoms with Crippen molar-refractivity contribution in [2.24, 2.45) is 11.8 Å². The second-order valence-corrected chi connectivity index (χ2v) is 18.1. The Balaban J connectivity index is 0.000000305. The fourth-order valence-electron chi connectivity index (χ4n) is 5.56. The minimum Gasteiger partial charge on any atom is -0.870 e. The molecule has 2 heterocycles. The van der Waals surface area contributed by atoms with Crippen molar-refractivity contribution in [3.63, 3.8) is 0 Å². The van der Waals surface area contributed by atoms with E-state index in [0.29, 0.717) is 51.2 Å². The number of rotatable bonds is 16. The molecule has 0 spiro atoms. The van der Waals surface area contributed by atoms with Gasteiger partial charge in [0.05, 0.1) is 58.8 Å². The Bertz CT molecular complexity index is 2270. The first-order chi connectivity index (χ1) is 27.5. The first-order valence-corrected chi connectivity index (χ1v) is 23.0. The van der Waals surface area contributed by atoms with Crippen molar-refractivity contribution in [2.45, 2.75) is 21.3 Å². The van der Waals surface area contributed by atoms with Gasteiger partial charge in [-0.05, 0) is 60.7 Å². The summed E-state index contributed by atoms with van der Waals surface area (Å²) in [6.07, 6.45) is 5.04. The smallest absolute Gasteiger partial charge is 0.870 e. The third-order valence-corrected chi connectivity index (χ3v) is 14.2. The van der Waals surface area contributed by atoms with Crippen molar-refractivity contribution in [3.8, 4) is 22.5 Å². The Morgan fingerprint density at radius 3 is 1.46 bits per heavy atom. The molecule has 0 fully saturated rings. The predicted octanol–water partition coefficient (Wildman–Crippen LogP) is 9.30. The number of esters is 1. The number of thiazole rings is 2. The Morgan fingerprint density at radius 1 is 0.678 bits per heavy atom. The molecule has 0 saturated heterocycles. The number of nitrogens with one attached hydrogen (secondary N) is 2. The van der Waals surface area contributed by atoms with E-state index in [2.05, 4.69) is 15.6 Å². The molecule has 0 saturated carbocycles. The number of aromatic nitrogens is 2. The minimum absolute atomic E-state index is 0. The molecule has 2 aromatic heterocycles. The van der Waals surface area contributed by atoms with Gasteiger partial charge in [-0.3, -0.25) is 9.59 Å². The van der Waals surface area contributed by atoms with Crippen LogP contribution in [0.3, 0.4) is 0 Å². The number of carbonyl (C=O) groups is 2. The van der Waals surface area contributed by atoms with Crippen LogP contribution in [0.15, 0.2) is 105 Å². The van der Waals surface area contributed by atoms with Gasteiger partial charge < -0.3 is 26.0 Å². The van der Waals surface area contributed by atoms with Gasteiger partial charge in [0.1, 0.15) is 0 Å². The zero-order valence-corrected chi connectivity index (χ0v) is 38.7. The second kappa shape index (κ2) is 25.1. The van der Waals surface area contributed by atoms with Crippen LogP contribution in [-0.2, 0) is 27.2 Å². The molecule has 306 valence electrons.